The molecule has 0 unspecified atom stereocenters. The third-order valence-electron chi connectivity index (χ3n) is 5.80. The Labute approximate surface area is 207 Å². The number of hydrogen-bond acceptors (Lipinski definition) is 4. The van der Waals surface area contributed by atoms with E-state index in [4.69, 9.17) is 0 Å². The average Bonchev–Trinajstić information content (AvgIpc) is 3.41. The van der Waals surface area contributed by atoms with Crippen molar-refractivity contribution in [1.82, 2.24) is 5.32 Å². The molecule has 0 atom stereocenters. The van der Waals surface area contributed by atoms with Crippen LogP contribution >= 0.6 is 15.9 Å². The number of hydrogen-bond donors (Lipinski definition) is 2. The summed E-state index contributed by atoms with van der Waals surface area (Å²) in [6.07, 6.45) is 4.47. The van der Waals surface area contributed by atoms with Crippen LogP contribution in [-0.4, -0.2) is 41.5 Å². The molecular formula is C26H28BrFN5O+. The molecular weight excluding hydrogens is 497 g/mol. The van der Waals surface area contributed by atoms with Gasteiger partial charge in [-0.05, 0) is 69.8 Å². The minimum Gasteiger partial charge on any atom is -0.383 e. The lowest BCUT2D eigenvalue weighted by molar-refractivity contribution is -0.397. The van der Waals surface area contributed by atoms with E-state index in [2.05, 4.69) is 43.4 Å². The average molecular weight is 525 g/mol. The molecule has 0 saturated heterocycles. The predicted octanol–water partition coefficient (Wildman–Crippen LogP) is 4.79. The van der Waals surface area contributed by atoms with Crippen LogP contribution in [-0.2, 0) is 11.3 Å². The fourth-order valence-electron chi connectivity index (χ4n) is 3.97. The van der Waals surface area contributed by atoms with Gasteiger partial charge in [0.2, 0.25) is 11.4 Å². The Hall–Kier alpha value is -3.26. The highest BCUT2D eigenvalue weighted by Gasteiger charge is 2.39. The molecule has 0 radical (unpaired) electrons. The number of halogens is 2. The van der Waals surface area contributed by atoms with Gasteiger partial charge in [-0.25, -0.2) is 4.39 Å². The van der Waals surface area contributed by atoms with Gasteiger partial charge in [-0.1, -0.05) is 19.1 Å². The fraction of sp³-hybridized carbons (Fsp3) is 0.269. The van der Waals surface area contributed by atoms with Crippen molar-refractivity contribution in [1.29, 1.82) is 0 Å². The van der Waals surface area contributed by atoms with Crippen LogP contribution in [0.5, 0.6) is 0 Å². The summed E-state index contributed by atoms with van der Waals surface area (Å²) >= 11 is 3.50. The van der Waals surface area contributed by atoms with Gasteiger partial charge < -0.3 is 15.5 Å². The van der Waals surface area contributed by atoms with Crippen molar-refractivity contribution in [2.45, 2.75) is 26.8 Å². The van der Waals surface area contributed by atoms with E-state index in [9.17, 15) is 9.18 Å². The number of anilines is 2. The van der Waals surface area contributed by atoms with E-state index in [1.807, 2.05) is 47.9 Å². The molecule has 4 rings (SSSR count). The van der Waals surface area contributed by atoms with Crippen LogP contribution in [0.1, 0.15) is 25.8 Å². The normalized spacial score (nSPS) is 14.4. The molecule has 0 spiro atoms. The minimum atomic E-state index is -0.225. The number of amides is 1. The first kappa shape index (κ1) is 23.9. The number of nitrogens with one attached hydrogen (secondary N) is 2. The first-order chi connectivity index (χ1) is 16.5. The number of rotatable bonds is 10. The van der Waals surface area contributed by atoms with Crippen LogP contribution in [0.25, 0.3) is 0 Å². The number of carbonyl (C=O) groups excluding carboxylic acids is 1. The molecule has 176 valence electrons. The van der Waals surface area contributed by atoms with Crippen LogP contribution in [0.3, 0.4) is 0 Å². The lowest BCUT2D eigenvalue weighted by atomic mass is 10.1. The molecule has 0 aromatic heterocycles. The number of nitrogens with zero attached hydrogens (tertiary/aromatic N) is 3. The maximum atomic E-state index is 13.2. The lowest BCUT2D eigenvalue weighted by Gasteiger charge is -2.23. The second kappa shape index (κ2) is 10.8. The van der Waals surface area contributed by atoms with Crippen molar-refractivity contribution in [2.24, 2.45) is 4.99 Å². The highest BCUT2D eigenvalue weighted by Crippen LogP contribution is 2.26. The third-order valence-corrected chi connectivity index (χ3v) is 6.42. The zero-order valence-corrected chi connectivity index (χ0v) is 20.9. The van der Waals surface area contributed by atoms with Crippen LogP contribution < -0.4 is 15.5 Å². The van der Waals surface area contributed by atoms with Crippen molar-refractivity contribution in [3.8, 4) is 0 Å². The van der Waals surface area contributed by atoms with Gasteiger partial charge in [0, 0.05) is 56.1 Å². The van der Waals surface area contributed by atoms with E-state index >= 15 is 0 Å². The quantitative estimate of drug-likeness (QED) is 0.347. The van der Waals surface area contributed by atoms with Gasteiger partial charge in [0.25, 0.3) is 5.91 Å². The van der Waals surface area contributed by atoms with E-state index in [1.54, 1.807) is 12.1 Å². The van der Waals surface area contributed by atoms with Gasteiger partial charge in [-0.15, -0.1) is 0 Å². The number of carbonyl (C=O) groups is 1. The van der Waals surface area contributed by atoms with E-state index in [0.29, 0.717) is 18.7 Å². The third kappa shape index (κ3) is 5.28. The molecule has 0 fully saturated rings. The van der Waals surface area contributed by atoms with E-state index < -0.39 is 0 Å². The van der Waals surface area contributed by atoms with E-state index in [0.717, 1.165) is 52.7 Å². The Morgan fingerprint density at radius 3 is 2.50 bits per heavy atom. The highest BCUT2D eigenvalue weighted by molar-refractivity contribution is 9.11. The van der Waals surface area contributed by atoms with Gasteiger partial charge in [0.05, 0.1) is 0 Å². The molecule has 34 heavy (non-hydrogen) atoms. The minimum absolute atomic E-state index is 0.140. The molecule has 2 aromatic rings. The Morgan fingerprint density at radius 2 is 1.82 bits per heavy atom. The summed E-state index contributed by atoms with van der Waals surface area (Å²) in [6, 6.07) is 14.6. The summed E-state index contributed by atoms with van der Waals surface area (Å²) in [6.45, 7) is 6.92. The number of likely N-dealkylation sites (N-methyl/N-ethyl adjacent to an activating group) is 1. The van der Waals surface area contributed by atoms with Crippen molar-refractivity contribution >= 4 is 44.6 Å². The summed E-state index contributed by atoms with van der Waals surface area (Å²) in [7, 11) is 0. The maximum absolute atomic E-state index is 13.2. The number of fused-ring (bicyclic) bond motifs is 1. The van der Waals surface area contributed by atoms with E-state index in [-0.39, 0.29) is 11.7 Å². The van der Waals surface area contributed by atoms with Gasteiger partial charge in [-0.2, -0.15) is 4.58 Å². The molecule has 0 saturated carbocycles. The van der Waals surface area contributed by atoms with Crippen molar-refractivity contribution in [3.63, 3.8) is 0 Å². The molecule has 0 bridgehead atoms. The summed E-state index contributed by atoms with van der Waals surface area (Å²) in [5, 5.41) is 6.44. The fourth-order valence-corrected chi connectivity index (χ4v) is 4.46. The first-order valence-electron chi connectivity index (χ1n) is 11.4. The van der Waals surface area contributed by atoms with Crippen LogP contribution in [0.2, 0.25) is 0 Å². The van der Waals surface area contributed by atoms with Gasteiger partial charge in [0.1, 0.15) is 5.82 Å². The molecule has 2 heterocycles. The van der Waals surface area contributed by atoms with Crippen molar-refractivity contribution in [3.05, 3.63) is 82.5 Å². The largest absolute Gasteiger partial charge is 0.383 e. The molecule has 2 N–H and O–H groups in total. The van der Waals surface area contributed by atoms with Crippen LogP contribution in [0, 0.1) is 5.82 Å². The van der Waals surface area contributed by atoms with Crippen molar-refractivity contribution in [2.75, 3.05) is 29.9 Å². The Kier molecular flexibility index (Phi) is 7.57. The predicted molar refractivity (Wildman–Crippen MR) is 139 cm³/mol. The molecule has 6 nitrogen and oxygen atoms in total. The van der Waals surface area contributed by atoms with Gasteiger partial charge in [0.15, 0.2) is 4.61 Å². The topological polar surface area (TPSA) is 59.7 Å². The highest BCUT2D eigenvalue weighted by atomic mass is 79.9. The first-order valence-corrected chi connectivity index (χ1v) is 12.2. The Bertz CT molecular complexity index is 1180. The van der Waals surface area contributed by atoms with Crippen LogP contribution in [0.15, 0.2) is 76.1 Å². The molecule has 8 heteroatoms. The second-order valence-electron chi connectivity index (χ2n) is 7.97. The van der Waals surface area contributed by atoms with Crippen LogP contribution in [0.4, 0.5) is 15.8 Å². The Balaban J connectivity index is 1.29. The van der Waals surface area contributed by atoms with Gasteiger partial charge >= 0.3 is 5.82 Å². The molecule has 0 aliphatic carbocycles. The van der Waals surface area contributed by atoms with E-state index in [1.165, 1.54) is 12.1 Å². The smallest absolute Gasteiger partial charge is 0.329 e. The molecule has 2 aliphatic heterocycles. The molecule has 1 amide bonds. The number of aliphatic imine (C=N–C) groups is 1. The lowest BCUT2D eigenvalue weighted by Crippen LogP contribution is -2.38. The number of allylic oxidation sites excluding steroid dienone is 2. The zero-order chi connectivity index (χ0) is 24.1. The SMILES string of the molecule is CCC1=NC2=CC=C(Br)[N+]2=C1C(=O)NCc1ccc(NCCN(CC)c2ccc(F)cc2)cc1. The zero-order valence-electron chi connectivity index (χ0n) is 19.3. The molecule has 2 aromatic carbocycles. The second-order valence-corrected chi connectivity index (χ2v) is 8.79. The monoisotopic (exact) mass is 524 g/mol. The number of benzene rings is 2. The molecule has 2 aliphatic rings. The van der Waals surface area contributed by atoms with Crippen molar-refractivity contribution < 1.29 is 13.8 Å². The standard InChI is InChI=1S/C26H27BrFN5O/c1-3-22-25(33-23(27)13-14-24(33)31-22)26(34)30-17-18-5-9-20(10-6-18)29-15-16-32(4-2)21-11-7-19(28)8-12-21/h5-14,29H,3-4,15-17H2,1-2H3/p+1. The summed E-state index contributed by atoms with van der Waals surface area (Å²) < 4.78 is 15.8. The summed E-state index contributed by atoms with van der Waals surface area (Å²) in [5.41, 5.74) is 4.40. The van der Waals surface area contributed by atoms with Gasteiger partial charge in [-0.3, -0.25) is 4.79 Å². The maximum Gasteiger partial charge on any atom is 0.329 e. The Morgan fingerprint density at radius 1 is 1.09 bits per heavy atom. The summed E-state index contributed by atoms with van der Waals surface area (Å²) in [5.74, 6) is 0.404. The summed E-state index contributed by atoms with van der Waals surface area (Å²) in [4.78, 5) is 19.7.